The van der Waals surface area contributed by atoms with Gasteiger partial charge in [-0.2, -0.15) is 0 Å². The number of carbonyl (C=O) groups excluding carboxylic acids is 1. The topological polar surface area (TPSA) is 29.5 Å². The highest BCUT2D eigenvalue weighted by atomic mass is 19.1. The van der Waals surface area contributed by atoms with Gasteiger partial charge in [-0.3, -0.25) is 4.79 Å². The average molecular weight is 253 g/mol. The minimum absolute atomic E-state index is 0.0845. The van der Waals surface area contributed by atoms with Gasteiger partial charge in [0.05, 0.1) is 12.3 Å². The van der Waals surface area contributed by atoms with E-state index >= 15 is 0 Å². The lowest BCUT2D eigenvalue weighted by atomic mass is 10.2. The molecule has 0 aliphatic rings. The molecule has 0 heterocycles. The highest BCUT2D eigenvalue weighted by Gasteiger charge is 2.13. The Hall–Kier alpha value is -1.58. The number of hydrogen-bond acceptors (Lipinski definition) is 3. The van der Waals surface area contributed by atoms with Crippen molar-refractivity contribution in [1.29, 1.82) is 0 Å². The quantitative estimate of drug-likeness (QED) is 0.552. The summed E-state index contributed by atoms with van der Waals surface area (Å²) in [7, 11) is 0. The van der Waals surface area contributed by atoms with Gasteiger partial charge >= 0.3 is 5.97 Å². The molecule has 0 amide bonds. The van der Waals surface area contributed by atoms with E-state index in [0.717, 1.165) is 12.8 Å². The molecule has 0 aliphatic carbocycles. The van der Waals surface area contributed by atoms with Crippen molar-refractivity contribution in [2.75, 3.05) is 24.6 Å². The number of para-hydroxylation sites is 1. The molecule has 0 radical (unpaired) electrons. The maximum absolute atomic E-state index is 13.6. The molecule has 0 aliphatic heterocycles. The monoisotopic (exact) mass is 253 g/mol. The third kappa shape index (κ3) is 4.35. The molecule has 18 heavy (non-hydrogen) atoms. The summed E-state index contributed by atoms with van der Waals surface area (Å²) >= 11 is 0. The van der Waals surface area contributed by atoms with Crippen LogP contribution in [0, 0.1) is 5.82 Å². The second kappa shape index (κ2) is 7.69. The molecule has 1 rings (SSSR count). The van der Waals surface area contributed by atoms with E-state index < -0.39 is 0 Å². The van der Waals surface area contributed by atoms with Gasteiger partial charge in [0.25, 0.3) is 0 Å². The summed E-state index contributed by atoms with van der Waals surface area (Å²) in [5.74, 6) is -0.630. The van der Waals surface area contributed by atoms with E-state index in [4.69, 9.17) is 4.74 Å². The predicted molar refractivity (Wildman–Crippen MR) is 70.2 cm³/mol. The lowest BCUT2D eigenvalue weighted by Crippen LogP contribution is -2.31. The van der Waals surface area contributed by atoms with Crippen LogP contribution in [0.2, 0.25) is 0 Å². The third-order valence-electron chi connectivity index (χ3n) is 2.66. The number of esters is 1. The predicted octanol–water partition coefficient (Wildman–Crippen LogP) is 3.00. The Kier molecular flexibility index (Phi) is 6.19. The molecular formula is C14H20FNO2. The molecule has 3 nitrogen and oxygen atoms in total. The van der Waals surface area contributed by atoms with E-state index in [1.807, 2.05) is 13.8 Å². The normalized spacial score (nSPS) is 10.2. The Labute approximate surface area is 108 Å². The van der Waals surface area contributed by atoms with Gasteiger partial charge in [0.2, 0.25) is 0 Å². The molecule has 0 saturated heterocycles. The molecule has 100 valence electrons. The number of anilines is 1. The summed E-state index contributed by atoms with van der Waals surface area (Å²) in [5, 5.41) is 0. The number of rotatable bonds is 7. The van der Waals surface area contributed by atoms with Crippen molar-refractivity contribution in [1.82, 2.24) is 0 Å². The first-order valence-corrected chi connectivity index (χ1v) is 6.34. The lowest BCUT2D eigenvalue weighted by Gasteiger charge is -2.22. The first kappa shape index (κ1) is 14.5. The number of hydrogen-bond donors (Lipinski definition) is 0. The maximum Gasteiger partial charge on any atom is 0.325 e. The lowest BCUT2D eigenvalue weighted by molar-refractivity contribution is -0.142. The summed E-state index contributed by atoms with van der Waals surface area (Å²) in [4.78, 5) is 13.3. The van der Waals surface area contributed by atoms with Crippen LogP contribution in [0.1, 0.15) is 26.7 Å². The number of carbonyl (C=O) groups is 1. The summed E-state index contributed by atoms with van der Waals surface area (Å²) in [6.07, 6.45) is 1.84. The Bertz CT molecular complexity index is 382. The maximum atomic E-state index is 13.6. The highest BCUT2D eigenvalue weighted by Crippen LogP contribution is 2.18. The largest absolute Gasteiger partial charge is 0.464 e. The van der Waals surface area contributed by atoms with Gasteiger partial charge in [0, 0.05) is 6.54 Å². The van der Waals surface area contributed by atoms with Gasteiger partial charge in [-0.25, -0.2) is 4.39 Å². The molecule has 4 heteroatoms. The van der Waals surface area contributed by atoms with E-state index in [1.165, 1.54) is 6.07 Å². The van der Waals surface area contributed by atoms with Crippen molar-refractivity contribution < 1.29 is 13.9 Å². The van der Waals surface area contributed by atoms with Crippen molar-refractivity contribution in [3.8, 4) is 0 Å². The summed E-state index contributed by atoms with van der Waals surface area (Å²) in [6.45, 7) is 4.99. The number of benzene rings is 1. The molecule has 1 aromatic rings. The standard InChI is InChI=1S/C14H20FNO2/c1-3-5-10-18-14(17)11-16(4-2)13-9-7-6-8-12(13)15/h6-9H,3-5,10-11H2,1-2H3. The van der Waals surface area contributed by atoms with Crippen LogP contribution in [-0.4, -0.2) is 25.7 Å². The number of nitrogens with zero attached hydrogens (tertiary/aromatic N) is 1. The van der Waals surface area contributed by atoms with Gasteiger partial charge in [-0.1, -0.05) is 25.5 Å². The second-order valence-corrected chi connectivity index (χ2v) is 4.04. The zero-order valence-electron chi connectivity index (χ0n) is 11.0. The molecular weight excluding hydrogens is 233 g/mol. The fourth-order valence-corrected chi connectivity index (χ4v) is 1.61. The molecule has 0 aromatic heterocycles. The molecule has 1 aromatic carbocycles. The zero-order valence-corrected chi connectivity index (χ0v) is 11.0. The van der Waals surface area contributed by atoms with Crippen LogP contribution in [-0.2, 0) is 9.53 Å². The van der Waals surface area contributed by atoms with Crippen molar-refractivity contribution in [3.63, 3.8) is 0 Å². The van der Waals surface area contributed by atoms with Crippen molar-refractivity contribution in [2.45, 2.75) is 26.7 Å². The van der Waals surface area contributed by atoms with Crippen LogP contribution >= 0.6 is 0 Å². The minimum atomic E-state index is -0.319. The minimum Gasteiger partial charge on any atom is -0.464 e. The SMILES string of the molecule is CCCCOC(=O)CN(CC)c1ccccc1F. The highest BCUT2D eigenvalue weighted by molar-refractivity contribution is 5.75. The van der Waals surface area contributed by atoms with E-state index in [-0.39, 0.29) is 18.3 Å². The van der Waals surface area contributed by atoms with Crippen LogP contribution < -0.4 is 4.90 Å². The van der Waals surface area contributed by atoms with Crippen LogP contribution in [0.3, 0.4) is 0 Å². The number of halogens is 1. The molecule has 0 atom stereocenters. The molecule has 0 unspecified atom stereocenters. The number of unbranched alkanes of at least 4 members (excludes halogenated alkanes) is 1. The van der Waals surface area contributed by atoms with E-state index in [9.17, 15) is 9.18 Å². The number of likely N-dealkylation sites (N-methyl/N-ethyl adjacent to an activating group) is 1. The average Bonchev–Trinajstić information content (AvgIpc) is 2.37. The van der Waals surface area contributed by atoms with Gasteiger partial charge in [-0.15, -0.1) is 0 Å². The molecule has 0 saturated carbocycles. The van der Waals surface area contributed by atoms with Gasteiger partial charge in [-0.05, 0) is 25.5 Å². The van der Waals surface area contributed by atoms with Crippen LogP contribution in [0.4, 0.5) is 10.1 Å². The molecule has 0 fully saturated rings. The molecule has 0 spiro atoms. The van der Waals surface area contributed by atoms with Crippen LogP contribution in [0.25, 0.3) is 0 Å². The first-order valence-electron chi connectivity index (χ1n) is 6.34. The van der Waals surface area contributed by atoms with E-state index in [2.05, 4.69) is 0 Å². The van der Waals surface area contributed by atoms with Crippen molar-refractivity contribution in [3.05, 3.63) is 30.1 Å². The Morgan fingerprint density at radius 1 is 1.33 bits per heavy atom. The molecule has 0 bridgehead atoms. The Morgan fingerprint density at radius 2 is 2.06 bits per heavy atom. The Morgan fingerprint density at radius 3 is 2.67 bits per heavy atom. The zero-order chi connectivity index (χ0) is 13.4. The smallest absolute Gasteiger partial charge is 0.325 e. The molecule has 0 N–H and O–H groups in total. The Balaban J connectivity index is 2.57. The summed E-state index contributed by atoms with van der Waals surface area (Å²) in [6, 6.07) is 6.44. The van der Waals surface area contributed by atoms with E-state index in [0.29, 0.717) is 18.8 Å². The van der Waals surface area contributed by atoms with Crippen LogP contribution in [0.5, 0.6) is 0 Å². The summed E-state index contributed by atoms with van der Waals surface area (Å²) < 4.78 is 18.7. The van der Waals surface area contributed by atoms with Crippen LogP contribution in [0.15, 0.2) is 24.3 Å². The van der Waals surface area contributed by atoms with Gasteiger partial charge in [0.15, 0.2) is 0 Å². The fraction of sp³-hybridized carbons (Fsp3) is 0.500. The van der Waals surface area contributed by atoms with Crippen molar-refractivity contribution in [2.24, 2.45) is 0 Å². The van der Waals surface area contributed by atoms with Crippen molar-refractivity contribution >= 4 is 11.7 Å². The number of ether oxygens (including phenoxy) is 1. The van der Waals surface area contributed by atoms with E-state index in [1.54, 1.807) is 23.1 Å². The van der Waals surface area contributed by atoms with Gasteiger partial charge in [0.1, 0.15) is 12.4 Å². The third-order valence-corrected chi connectivity index (χ3v) is 2.66. The van der Waals surface area contributed by atoms with Gasteiger partial charge < -0.3 is 9.64 Å². The first-order chi connectivity index (χ1) is 8.69. The summed E-state index contributed by atoms with van der Waals surface area (Å²) in [5.41, 5.74) is 0.437. The second-order valence-electron chi connectivity index (χ2n) is 4.04. The fourth-order valence-electron chi connectivity index (χ4n) is 1.61.